The number of esters is 1. The van der Waals surface area contributed by atoms with Crippen molar-refractivity contribution in [2.75, 3.05) is 18.1 Å². The molecule has 0 N–H and O–H groups in total. The highest BCUT2D eigenvalue weighted by atomic mass is 32.1. The number of aryl methyl sites for hydroxylation is 1. The third-order valence-electron chi connectivity index (χ3n) is 4.86. The Morgan fingerprint density at radius 3 is 2.71 bits per heavy atom. The molecule has 0 radical (unpaired) electrons. The second-order valence-corrected chi connectivity index (χ2v) is 7.68. The van der Waals surface area contributed by atoms with E-state index in [1.54, 1.807) is 11.8 Å². The Balaban J connectivity index is 2.03. The summed E-state index contributed by atoms with van der Waals surface area (Å²) in [5.74, 6) is -0.286. The molecule has 0 unspecified atom stereocenters. The van der Waals surface area contributed by atoms with Crippen molar-refractivity contribution >= 4 is 34.2 Å². The average molecular weight is 350 g/mol. The molecule has 3 heterocycles. The predicted octanol–water partition coefficient (Wildman–Crippen LogP) is 3.11. The molecule has 130 valence electrons. The zero-order valence-electron chi connectivity index (χ0n) is 14.4. The smallest absolute Gasteiger partial charge is 0.341 e. The normalized spacial score (nSPS) is 23.7. The molecule has 0 aliphatic carbocycles. The molecule has 24 heavy (non-hydrogen) atoms. The Morgan fingerprint density at radius 2 is 2.04 bits per heavy atom. The first-order valence-electron chi connectivity index (χ1n) is 8.28. The molecule has 2 aliphatic heterocycles. The highest BCUT2D eigenvalue weighted by Gasteiger charge is 2.49. The van der Waals surface area contributed by atoms with E-state index in [0.29, 0.717) is 29.4 Å². The summed E-state index contributed by atoms with van der Waals surface area (Å²) in [6.45, 7) is 8.38. The highest BCUT2D eigenvalue weighted by molar-refractivity contribution is 7.17. The van der Waals surface area contributed by atoms with E-state index in [0.717, 1.165) is 16.9 Å². The largest absolute Gasteiger partial charge is 0.462 e. The number of thiophene rings is 1. The zero-order valence-corrected chi connectivity index (χ0v) is 15.2. The molecule has 0 bridgehead atoms. The van der Waals surface area contributed by atoms with E-state index < -0.39 is 12.0 Å². The summed E-state index contributed by atoms with van der Waals surface area (Å²) < 4.78 is 5.13. The first-order valence-corrected chi connectivity index (χ1v) is 9.10. The number of rotatable bonds is 3. The molecule has 3 rings (SSSR count). The third-order valence-corrected chi connectivity index (χ3v) is 6.05. The summed E-state index contributed by atoms with van der Waals surface area (Å²) in [4.78, 5) is 41.8. The molecule has 3 amide bonds. The maximum absolute atomic E-state index is 12.9. The molecule has 2 aliphatic rings. The van der Waals surface area contributed by atoms with Crippen LogP contribution < -0.4 is 4.90 Å². The van der Waals surface area contributed by atoms with Gasteiger partial charge in [-0.05, 0) is 45.1 Å². The van der Waals surface area contributed by atoms with Gasteiger partial charge in [0.2, 0.25) is 0 Å². The lowest BCUT2D eigenvalue weighted by Crippen LogP contribution is -2.41. The summed E-state index contributed by atoms with van der Waals surface area (Å²) in [6.07, 6.45) is 1.58. The molecule has 1 aromatic rings. The molecule has 1 aromatic heterocycles. The number of carbonyl (C=O) groups is 3. The topological polar surface area (TPSA) is 66.9 Å². The Labute approximate surface area is 145 Å². The van der Waals surface area contributed by atoms with Crippen LogP contribution in [0.1, 0.15) is 47.5 Å². The van der Waals surface area contributed by atoms with Gasteiger partial charge in [-0.1, -0.05) is 6.92 Å². The van der Waals surface area contributed by atoms with Crippen molar-refractivity contribution < 1.29 is 19.1 Å². The first kappa shape index (κ1) is 17.0. The minimum atomic E-state index is -0.479. The molecule has 0 aromatic carbocycles. The fraction of sp³-hybridized carbons (Fsp3) is 0.588. The van der Waals surface area contributed by atoms with Crippen molar-refractivity contribution in [3.05, 3.63) is 16.0 Å². The number of piperidine rings is 1. The number of carbonyl (C=O) groups excluding carboxylic acids is 3. The van der Waals surface area contributed by atoms with Gasteiger partial charge in [-0.3, -0.25) is 4.79 Å². The lowest BCUT2D eigenvalue weighted by Gasteiger charge is -2.30. The Hall–Kier alpha value is -1.89. The second-order valence-electron chi connectivity index (χ2n) is 6.48. The second kappa shape index (κ2) is 6.20. The molecule has 6 nitrogen and oxygen atoms in total. The van der Waals surface area contributed by atoms with Gasteiger partial charge in [-0.2, -0.15) is 0 Å². The van der Waals surface area contributed by atoms with Crippen LogP contribution in [0, 0.1) is 19.8 Å². The number of hydrogen-bond acceptors (Lipinski definition) is 5. The lowest BCUT2D eigenvalue weighted by atomic mass is 9.93. The summed E-state index contributed by atoms with van der Waals surface area (Å²) in [6, 6.07) is -0.720. The van der Waals surface area contributed by atoms with Crippen molar-refractivity contribution in [2.24, 2.45) is 5.92 Å². The highest BCUT2D eigenvalue weighted by Crippen LogP contribution is 2.40. The number of amides is 3. The van der Waals surface area contributed by atoms with Crippen LogP contribution in [0.5, 0.6) is 0 Å². The zero-order chi connectivity index (χ0) is 17.6. The van der Waals surface area contributed by atoms with Gasteiger partial charge in [0.05, 0.1) is 12.2 Å². The first-order chi connectivity index (χ1) is 11.4. The van der Waals surface area contributed by atoms with Gasteiger partial charge < -0.3 is 9.64 Å². The fourth-order valence-electron chi connectivity index (χ4n) is 3.37. The number of imide groups is 1. The molecule has 2 saturated heterocycles. The van der Waals surface area contributed by atoms with Crippen LogP contribution in [0.2, 0.25) is 0 Å². The van der Waals surface area contributed by atoms with E-state index >= 15 is 0 Å². The minimum absolute atomic E-state index is 0.224. The Kier molecular flexibility index (Phi) is 4.38. The van der Waals surface area contributed by atoms with Crippen LogP contribution in [0.4, 0.5) is 9.80 Å². The number of nitrogens with zero attached hydrogens (tertiary/aromatic N) is 2. The average Bonchev–Trinajstić information content (AvgIpc) is 2.94. The van der Waals surface area contributed by atoms with E-state index in [1.165, 1.54) is 16.2 Å². The quantitative estimate of drug-likeness (QED) is 0.620. The maximum atomic E-state index is 12.9. The number of anilines is 1. The van der Waals surface area contributed by atoms with Gasteiger partial charge >= 0.3 is 12.0 Å². The van der Waals surface area contributed by atoms with Crippen molar-refractivity contribution in [3.8, 4) is 0 Å². The number of ether oxygens (including phenoxy) is 1. The van der Waals surface area contributed by atoms with Crippen LogP contribution in [0.25, 0.3) is 0 Å². The van der Waals surface area contributed by atoms with Gasteiger partial charge in [0.1, 0.15) is 11.0 Å². The Bertz CT molecular complexity index is 712. The van der Waals surface area contributed by atoms with Crippen LogP contribution in [-0.2, 0) is 9.53 Å². The number of fused-ring (bicyclic) bond motifs is 1. The lowest BCUT2D eigenvalue weighted by molar-refractivity contribution is -0.120. The van der Waals surface area contributed by atoms with Gasteiger partial charge in [0.25, 0.3) is 5.91 Å². The van der Waals surface area contributed by atoms with Crippen LogP contribution in [0.3, 0.4) is 0 Å². The standard InChI is InChI=1S/C17H22N2O4S/c1-5-23-16(21)13-10(3)11(4)24-15(13)19-14(20)12-8-9(2)6-7-18(12)17(19)22/h9,12H,5-8H2,1-4H3/t9-,12-/m1/s1. The van der Waals surface area contributed by atoms with E-state index in [9.17, 15) is 14.4 Å². The molecule has 2 fully saturated rings. The third kappa shape index (κ3) is 2.51. The summed E-state index contributed by atoms with van der Waals surface area (Å²) >= 11 is 1.30. The fourth-order valence-corrected chi connectivity index (χ4v) is 4.52. The van der Waals surface area contributed by atoms with Crippen LogP contribution in [-0.4, -0.2) is 42.0 Å². The number of urea groups is 1. The SMILES string of the molecule is CCOC(=O)c1c(N2C(=O)[C@H]3C[C@H](C)CCN3C2=O)sc(C)c1C. The van der Waals surface area contributed by atoms with Crippen molar-refractivity contribution in [2.45, 2.75) is 46.6 Å². The van der Waals surface area contributed by atoms with E-state index in [-0.39, 0.29) is 18.5 Å². The molecule has 0 spiro atoms. The summed E-state index contributed by atoms with van der Waals surface area (Å²) in [5, 5.41) is 0.403. The molecule has 2 atom stereocenters. The van der Waals surface area contributed by atoms with Crippen LogP contribution in [0.15, 0.2) is 0 Å². The molecule has 7 heteroatoms. The van der Waals surface area contributed by atoms with Crippen molar-refractivity contribution in [1.29, 1.82) is 0 Å². The van der Waals surface area contributed by atoms with E-state index in [2.05, 4.69) is 6.92 Å². The van der Waals surface area contributed by atoms with Gasteiger partial charge in [0, 0.05) is 11.4 Å². The summed E-state index contributed by atoms with van der Waals surface area (Å²) in [7, 11) is 0. The van der Waals surface area contributed by atoms with E-state index in [4.69, 9.17) is 4.74 Å². The molecular formula is C17H22N2O4S. The van der Waals surface area contributed by atoms with Crippen molar-refractivity contribution in [1.82, 2.24) is 4.90 Å². The number of hydrogen-bond donors (Lipinski definition) is 0. The van der Waals surface area contributed by atoms with Crippen LogP contribution >= 0.6 is 11.3 Å². The molecule has 0 saturated carbocycles. The van der Waals surface area contributed by atoms with E-state index in [1.807, 2.05) is 13.8 Å². The maximum Gasteiger partial charge on any atom is 0.341 e. The minimum Gasteiger partial charge on any atom is -0.462 e. The van der Waals surface area contributed by atoms with Crippen molar-refractivity contribution in [3.63, 3.8) is 0 Å². The van der Waals surface area contributed by atoms with Gasteiger partial charge in [-0.25, -0.2) is 14.5 Å². The summed E-state index contributed by atoms with van der Waals surface area (Å²) in [5.41, 5.74) is 1.11. The monoisotopic (exact) mass is 350 g/mol. The predicted molar refractivity (Wildman–Crippen MR) is 91.5 cm³/mol. The van der Waals surface area contributed by atoms with Gasteiger partial charge in [-0.15, -0.1) is 11.3 Å². The molecular weight excluding hydrogens is 328 g/mol. The Morgan fingerprint density at radius 1 is 1.33 bits per heavy atom. The van der Waals surface area contributed by atoms with Gasteiger partial charge in [0.15, 0.2) is 0 Å².